The molecular weight excluding hydrogens is 352 g/mol. The molecule has 1 aliphatic rings. The number of nitrogens with zero attached hydrogens (tertiary/aromatic N) is 1. The Labute approximate surface area is 157 Å². The summed E-state index contributed by atoms with van der Waals surface area (Å²) in [6.07, 6.45) is 3.15. The van der Waals surface area contributed by atoms with E-state index in [2.05, 4.69) is 5.32 Å². The highest BCUT2D eigenvalue weighted by molar-refractivity contribution is 6.30. The highest BCUT2D eigenvalue weighted by atomic mass is 35.5. The van der Waals surface area contributed by atoms with Crippen LogP contribution in [-0.2, 0) is 9.53 Å². The van der Waals surface area contributed by atoms with E-state index in [-0.39, 0.29) is 11.8 Å². The van der Waals surface area contributed by atoms with Gasteiger partial charge in [-0.05, 0) is 42.0 Å². The van der Waals surface area contributed by atoms with Gasteiger partial charge in [-0.25, -0.2) is 0 Å². The Hall–Kier alpha value is -2.63. The smallest absolute Gasteiger partial charge is 0.254 e. The van der Waals surface area contributed by atoms with Gasteiger partial charge in [0.25, 0.3) is 5.91 Å². The number of morpholine rings is 1. The van der Waals surface area contributed by atoms with Crippen LogP contribution in [0.25, 0.3) is 6.08 Å². The minimum atomic E-state index is -0.268. The summed E-state index contributed by atoms with van der Waals surface area (Å²) in [5.74, 6) is -0.322. The molecule has 0 radical (unpaired) electrons. The van der Waals surface area contributed by atoms with Crippen molar-refractivity contribution >= 4 is 35.2 Å². The third-order valence-corrected chi connectivity index (χ3v) is 4.22. The number of amides is 2. The van der Waals surface area contributed by atoms with Crippen molar-refractivity contribution in [3.63, 3.8) is 0 Å². The number of hydrogen-bond donors (Lipinski definition) is 1. The number of benzene rings is 2. The van der Waals surface area contributed by atoms with Crippen molar-refractivity contribution in [3.8, 4) is 0 Å². The van der Waals surface area contributed by atoms with E-state index >= 15 is 0 Å². The summed E-state index contributed by atoms with van der Waals surface area (Å²) in [6.45, 7) is 2.27. The van der Waals surface area contributed by atoms with Crippen molar-refractivity contribution in [1.82, 2.24) is 4.90 Å². The molecule has 0 bridgehead atoms. The highest BCUT2D eigenvalue weighted by Gasteiger charge is 2.18. The molecule has 5 nitrogen and oxygen atoms in total. The first-order valence-electron chi connectivity index (χ1n) is 8.33. The van der Waals surface area contributed by atoms with E-state index in [1.165, 1.54) is 6.08 Å². The van der Waals surface area contributed by atoms with Crippen LogP contribution < -0.4 is 5.32 Å². The molecule has 134 valence electrons. The minimum absolute atomic E-state index is 0.0545. The number of rotatable bonds is 4. The molecule has 6 heteroatoms. The molecule has 0 unspecified atom stereocenters. The van der Waals surface area contributed by atoms with Gasteiger partial charge in [-0.3, -0.25) is 9.59 Å². The predicted octanol–water partition coefficient (Wildman–Crippen LogP) is 3.46. The highest BCUT2D eigenvalue weighted by Crippen LogP contribution is 2.15. The van der Waals surface area contributed by atoms with Crippen LogP contribution in [0.5, 0.6) is 0 Å². The maximum Gasteiger partial charge on any atom is 0.254 e. The van der Waals surface area contributed by atoms with Gasteiger partial charge >= 0.3 is 0 Å². The molecule has 0 spiro atoms. The summed E-state index contributed by atoms with van der Waals surface area (Å²) in [4.78, 5) is 26.4. The van der Waals surface area contributed by atoms with Gasteiger partial charge in [0, 0.05) is 35.4 Å². The predicted molar refractivity (Wildman–Crippen MR) is 102 cm³/mol. The SMILES string of the molecule is O=C(/C=C/c1ccc(Cl)cc1)Nc1cccc(C(=O)N2CCOCC2)c1. The summed E-state index contributed by atoms with van der Waals surface area (Å²) in [7, 11) is 0. The van der Waals surface area contributed by atoms with E-state index in [1.807, 2.05) is 12.1 Å². The molecule has 1 N–H and O–H groups in total. The van der Waals surface area contributed by atoms with Crippen LogP contribution in [0, 0.1) is 0 Å². The molecule has 1 heterocycles. The zero-order valence-corrected chi connectivity index (χ0v) is 14.9. The Kier molecular flexibility index (Phi) is 6.04. The average Bonchev–Trinajstić information content (AvgIpc) is 2.68. The van der Waals surface area contributed by atoms with Crippen molar-refractivity contribution < 1.29 is 14.3 Å². The largest absolute Gasteiger partial charge is 0.378 e. The Balaban J connectivity index is 1.63. The number of hydrogen-bond acceptors (Lipinski definition) is 3. The second-order valence-electron chi connectivity index (χ2n) is 5.86. The maximum atomic E-state index is 12.5. The lowest BCUT2D eigenvalue weighted by Gasteiger charge is -2.27. The minimum Gasteiger partial charge on any atom is -0.378 e. The van der Waals surface area contributed by atoms with Gasteiger partial charge < -0.3 is 15.0 Å². The fourth-order valence-corrected chi connectivity index (χ4v) is 2.73. The zero-order chi connectivity index (χ0) is 18.4. The quantitative estimate of drug-likeness (QED) is 0.838. The molecule has 0 aromatic heterocycles. The van der Waals surface area contributed by atoms with E-state index < -0.39 is 0 Å². The van der Waals surface area contributed by atoms with Crippen LogP contribution >= 0.6 is 11.6 Å². The molecule has 0 saturated carbocycles. The summed E-state index contributed by atoms with van der Waals surface area (Å²) in [6, 6.07) is 14.1. The first kappa shape index (κ1) is 18.2. The summed E-state index contributed by atoms with van der Waals surface area (Å²) in [5, 5.41) is 3.42. The Morgan fingerprint density at radius 1 is 1.08 bits per heavy atom. The van der Waals surface area contributed by atoms with Gasteiger partial charge in [0.15, 0.2) is 0 Å². The number of ether oxygens (including phenoxy) is 1. The first-order chi connectivity index (χ1) is 12.6. The molecule has 2 aromatic rings. The van der Waals surface area contributed by atoms with Crippen molar-refractivity contribution in [3.05, 3.63) is 70.8 Å². The molecule has 26 heavy (non-hydrogen) atoms. The molecule has 1 saturated heterocycles. The second kappa shape index (κ2) is 8.65. The number of nitrogens with one attached hydrogen (secondary N) is 1. The summed E-state index contributed by atoms with van der Waals surface area (Å²) >= 11 is 5.84. The Morgan fingerprint density at radius 3 is 2.54 bits per heavy atom. The number of carbonyl (C=O) groups excluding carboxylic acids is 2. The third kappa shape index (κ3) is 4.94. The molecule has 0 atom stereocenters. The van der Waals surface area contributed by atoms with E-state index in [0.29, 0.717) is 42.6 Å². The molecule has 3 rings (SSSR count). The van der Waals surface area contributed by atoms with Gasteiger partial charge in [-0.2, -0.15) is 0 Å². The fourth-order valence-electron chi connectivity index (χ4n) is 2.61. The number of anilines is 1. The van der Waals surface area contributed by atoms with Crippen molar-refractivity contribution in [1.29, 1.82) is 0 Å². The third-order valence-electron chi connectivity index (χ3n) is 3.97. The molecule has 1 fully saturated rings. The Morgan fingerprint density at radius 2 is 1.81 bits per heavy atom. The van der Waals surface area contributed by atoms with Crippen molar-refractivity contribution in [2.45, 2.75) is 0 Å². The van der Waals surface area contributed by atoms with E-state index in [1.54, 1.807) is 47.4 Å². The van der Waals surface area contributed by atoms with E-state index in [9.17, 15) is 9.59 Å². The van der Waals surface area contributed by atoms with E-state index in [4.69, 9.17) is 16.3 Å². The van der Waals surface area contributed by atoms with Crippen LogP contribution in [-0.4, -0.2) is 43.0 Å². The molecule has 0 aliphatic carbocycles. The molecule has 2 amide bonds. The van der Waals surface area contributed by atoms with Gasteiger partial charge in [-0.1, -0.05) is 29.8 Å². The van der Waals surface area contributed by atoms with E-state index in [0.717, 1.165) is 5.56 Å². The summed E-state index contributed by atoms with van der Waals surface area (Å²) in [5.41, 5.74) is 2.00. The monoisotopic (exact) mass is 370 g/mol. The molecular formula is C20H19ClN2O3. The Bertz CT molecular complexity index is 812. The van der Waals surface area contributed by atoms with Gasteiger partial charge in [0.05, 0.1) is 13.2 Å². The fraction of sp³-hybridized carbons (Fsp3) is 0.200. The van der Waals surface area contributed by atoms with Crippen LogP contribution in [0.15, 0.2) is 54.6 Å². The van der Waals surface area contributed by atoms with Gasteiger partial charge in [-0.15, -0.1) is 0 Å². The van der Waals surface area contributed by atoms with Crippen LogP contribution in [0.2, 0.25) is 5.02 Å². The van der Waals surface area contributed by atoms with Crippen LogP contribution in [0.3, 0.4) is 0 Å². The average molecular weight is 371 g/mol. The topological polar surface area (TPSA) is 58.6 Å². The van der Waals surface area contributed by atoms with Crippen LogP contribution in [0.1, 0.15) is 15.9 Å². The lowest BCUT2D eigenvalue weighted by Crippen LogP contribution is -2.40. The second-order valence-corrected chi connectivity index (χ2v) is 6.30. The number of carbonyl (C=O) groups is 2. The van der Waals surface area contributed by atoms with Gasteiger partial charge in [0.1, 0.15) is 0 Å². The van der Waals surface area contributed by atoms with Crippen molar-refractivity contribution in [2.75, 3.05) is 31.6 Å². The summed E-state index contributed by atoms with van der Waals surface area (Å²) < 4.78 is 5.27. The zero-order valence-electron chi connectivity index (χ0n) is 14.2. The normalized spacial score (nSPS) is 14.4. The number of halogens is 1. The first-order valence-corrected chi connectivity index (χ1v) is 8.71. The lowest BCUT2D eigenvalue weighted by molar-refractivity contribution is -0.111. The molecule has 1 aliphatic heterocycles. The van der Waals surface area contributed by atoms with Crippen LogP contribution in [0.4, 0.5) is 5.69 Å². The van der Waals surface area contributed by atoms with Crippen molar-refractivity contribution in [2.24, 2.45) is 0 Å². The standard InChI is InChI=1S/C20H19ClN2O3/c21-17-7-4-15(5-8-17)6-9-19(24)22-18-3-1-2-16(14-18)20(25)23-10-12-26-13-11-23/h1-9,14H,10-13H2,(H,22,24)/b9-6+. The maximum absolute atomic E-state index is 12.5. The lowest BCUT2D eigenvalue weighted by atomic mass is 10.1. The van der Waals surface area contributed by atoms with Gasteiger partial charge in [0.2, 0.25) is 5.91 Å². The molecule has 2 aromatic carbocycles.